The second-order valence-electron chi connectivity index (χ2n) is 9.97. The topological polar surface area (TPSA) is 116 Å². The Morgan fingerprint density at radius 2 is 1.47 bits per heavy atom. The zero-order valence-corrected chi connectivity index (χ0v) is 19.7. The molecule has 9 nitrogen and oxygen atoms in total. The SMILES string of the molecule is CC(C)(C)OC(=O)N1CCC(CCC(=O)N2CCC(CC(=O)NCCC(=O)O)CC2)CC1. The van der Waals surface area contributed by atoms with E-state index in [0.717, 1.165) is 32.1 Å². The first-order chi connectivity index (χ1) is 15.0. The Labute approximate surface area is 190 Å². The number of rotatable bonds is 8. The van der Waals surface area contributed by atoms with Gasteiger partial charge in [-0.3, -0.25) is 14.4 Å². The van der Waals surface area contributed by atoms with Crippen molar-refractivity contribution in [3.63, 3.8) is 0 Å². The number of hydrogen-bond donors (Lipinski definition) is 2. The van der Waals surface area contributed by atoms with Crippen LogP contribution in [0.5, 0.6) is 0 Å². The van der Waals surface area contributed by atoms with Crippen LogP contribution in [0.2, 0.25) is 0 Å². The van der Waals surface area contributed by atoms with E-state index in [1.807, 2.05) is 25.7 Å². The summed E-state index contributed by atoms with van der Waals surface area (Å²) in [5.41, 5.74) is -0.488. The molecule has 0 bridgehead atoms. The highest BCUT2D eigenvalue weighted by Crippen LogP contribution is 2.25. The lowest BCUT2D eigenvalue weighted by molar-refractivity contribution is -0.137. The maximum atomic E-state index is 12.6. The Kier molecular flexibility index (Phi) is 9.78. The number of ether oxygens (including phenoxy) is 1. The standard InChI is InChI=1S/C23H39N3O6/c1-23(2,3)32-22(31)26-14-7-17(8-15-26)4-5-20(28)25-12-9-18(10-13-25)16-19(27)24-11-6-21(29)30/h17-18H,4-16H2,1-3H3,(H,24,27)(H,29,30). The minimum Gasteiger partial charge on any atom is -0.481 e. The van der Waals surface area contributed by atoms with Crippen LogP contribution in [0.3, 0.4) is 0 Å². The molecule has 2 N–H and O–H groups in total. The third kappa shape index (κ3) is 9.44. The molecule has 0 spiro atoms. The summed E-state index contributed by atoms with van der Waals surface area (Å²) < 4.78 is 5.43. The normalized spacial score (nSPS) is 18.3. The molecule has 2 aliphatic heterocycles. The summed E-state index contributed by atoms with van der Waals surface area (Å²) in [6.07, 6.45) is 4.81. The predicted octanol–water partition coefficient (Wildman–Crippen LogP) is 2.63. The van der Waals surface area contributed by atoms with Crippen LogP contribution in [0.4, 0.5) is 4.79 Å². The average Bonchev–Trinajstić information content (AvgIpc) is 2.71. The van der Waals surface area contributed by atoms with Crippen LogP contribution >= 0.6 is 0 Å². The number of piperidine rings is 2. The van der Waals surface area contributed by atoms with Gasteiger partial charge in [0, 0.05) is 45.6 Å². The van der Waals surface area contributed by atoms with E-state index in [1.54, 1.807) is 4.90 Å². The number of amides is 3. The van der Waals surface area contributed by atoms with Crippen LogP contribution in [0.15, 0.2) is 0 Å². The second kappa shape index (κ2) is 12.1. The third-order valence-corrected chi connectivity index (χ3v) is 6.14. The zero-order chi connectivity index (χ0) is 23.7. The van der Waals surface area contributed by atoms with Crippen molar-refractivity contribution in [1.82, 2.24) is 15.1 Å². The van der Waals surface area contributed by atoms with Gasteiger partial charge in [0.1, 0.15) is 5.60 Å². The predicted molar refractivity (Wildman–Crippen MR) is 119 cm³/mol. The number of likely N-dealkylation sites (tertiary alicyclic amines) is 2. The van der Waals surface area contributed by atoms with Crippen molar-refractivity contribution in [1.29, 1.82) is 0 Å². The molecular weight excluding hydrogens is 414 g/mol. The lowest BCUT2D eigenvalue weighted by Crippen LogP contribution is -2.42. The van der Waals surface area contributed by atoms with E-state index in [2.05, 4.69) is 5.32 Å². The Bertz CT molecular complexity index is 659. The molecule has 2 heterocycles. The maximum Gasteiger partial charge on any atom is 0.410 e. The highest BCUT2D eigenvalue weighted by atomic mass is 16.6. The molecule has 0 radical (unpaired) electrons. The summed E-state index contributed by atoms with van der Waals surface area (Å²) >= 11 is 0. The van der Waals surface area contributed by atoms with Crippen LogP contribution in [0, 0.1) is 11.8 Å². The molecule has 0 atom stereocenters. The summed E-state index contributed by atoms with van der Waals surface area (Å²) in [6.45, 7) is 8.44. The third-order valence-electron chi connectivity index (χ3n) is 6.14. The van der Waals surface area contributed by atoms with Crippen LogP contribution in [-0.4, -0.2) is 77.1 Å². The van der Waals surface area contributed by atoms with Gasteiger partial charge in [0.2, 0.25) is 11.8 Å². The molecule has 2 rings (SSSR count). The Balaban J connectivity index is 1.60. The number of carboxylic acid groups (broad SMARTS) is 1. The highest BCUT2D eigenvalue weighted by molar-refractivity contribution is 5.77. The quantitative estimate of drug-likeness (QED) is 0.584. The van der Waals surface area contributed by atoms with Gasteiger partial charge >= 0.3 is 12.1 Å². The lowest BCUT2D eigenvalue weighted by atomic mass is 9.91. The monoisotopic (exact) mass is 453 g/mol. The van der Waals surface area contributed by atoms with E-state index in [0.29, 0.717) is 44.9 Å². The fourth-order valence-corrected chi connectivity index (χ4v) is 4.25. The number of nitrogens with zero attached hydrogens (tertiary/aromatic N) is 2. The van der Waals surface area contributed by atoms with Gasteiger partial charge < -0.3 is 25.0 Å². The Morgan fingerprint density at radius 1 is 0.906 bits per heavy atom. The molecule has 2 aliphatic rings. The van der Waals surface area contributed by atoms with Crippen molar-refractivity contribution in [2.24, 2.45) is 11.8 Å². The van der Waals surface area contributed by atoms with E-state index in [9.17, 15) is 19.2 Å². The molecule has 0 aliphatic carbocycles. The van der Waals surface area contributed by atoms with Gasteiger partial charge in [0.25, 0.3) is 0 Å². The van der Waals surface area contributed by atoms with Gasteiger partial charge in [-0.25, -0.2) is 4.79 Å². The van der Waals surface area contributed by atoms with Crippen LogP contribution in [0.1, 0.15) is 72.1 Å². The number of carbonyl (C=O) groups excluding carboxylic acids is 3. The molecule has 182 valence electrons. The number of carbonyl (C=O) groups is 4. The highest BCUT2D eigenvalue weighted by Gasteiger charge is 2.28. The van der Waals surface area contributed by atoms with Crippen LogP contribution < -0.4 is 5.32 Å². The molecule has 0 saturated carbocycles. The van der Waals surface area contributed by atoms with Gasteiger partial charge in [0.15, 0.2) is 0 Å². The maximum absolute atomic E-state index is 12.6. The first kappa shape index (κ1) is 25.9. The fourth-order valence-electron chi connectivity index (χ4n) is 4.25. The first-order valence-corrected chi connectivity index (χ1v) is 11.8. The summed E-state index contributed by atoms with van der Waals surface area (Å²) in [6, 6.07) is 0. The van der Waals surface area contributed by atoms with Crippen molar-refractivity contribution in [3.05, 3.63) is 0 Å². The minimum absolute atomic E-state index is 0.0707. The minimum atomic E-state index is -0.925. The molecular formula is C23H39N3O6. The first-order valence-electron chi connectivity index (χ1n) is 11.8. The van der Waals surface area contributed by atoms with E-state index in [4.69, 9.17) is 9.84 Å². The van der Waals surface area contributed by atoms with Crippen LogP contribution in [0.25, 0.3) is 0 Å². The van der Waals surface area contributed by atoms with Gasteiger partial charge in [-0.15, -0.1) is 0 Å². The van der Waals surface area contributed by atoms with E-state index in [-0.39, 0.29) is 36.8 Å². The Morgan fingerprint density at radius 3 is 2.03 bits per heavy atom. The summed E-state index contributed by atoms with van der Waals surface area (Å²) in [5, 5.41) is 11.3. The molecule has 3 amide bonds. The number of hydrogen-bond acceptors (Lipinski definition) is 5. The molecule has 0 aromatic rings. The van der Waals surface area contributed by atoms with Crippen LogP contribution in [-0.2, 0) is 19.1 Å². The smallest absolute Gasteiger partial charge is 0.410 e. The number of nitrogens with one attached hydrogen (secondary N) is 1. The van der Waals surface area contributed by atoms with E-state index >= 15 is 0 Å². The van der Waals surface area contributed by atoms with Crippen molar-refractivity contribution >= 4 is 23.9 Å². The molecule has 2 fully saturated rings. The summed E-state index contributed by atoms with van der Waals surface area (Å²) in [5.74, 6) is -0.186. The lowest BCUT2D eigenvalue weighted by Gasteiger charge is -2.34. The van der Waals surface area contributed by atoms with Gasteiger partial charge in [-0.1, -0.05) is 0 Å². The van der Waals surface area contributed by atoms with Gasteiger partial charge in [-0.05, 0) is 64.7 Å². The molecule has 0 unspecified atom stereocenters. The van der Waals surface area contributed by atoms with E-state index in [1.165, 1.54) is 0 Å². The number of carboxylic acids is 1. The van der Waals surface area contributed by atoms with Crippen molar-refractivity contribution < 1.29 is 29.0 Å². The van der Waals surface area contributed by atoms with Crippen molar-refractivity contribution in [2.75, 3.05) is 32.7 Å². The summed E-state index contributed by atoms with van der Waals surface area (Å²) in [4.78, 5) is 50.8. The largest absolute Gasteiger partial charge is 0.481 e. The molecule has 9 heteroatoms. The molecule has 0 aromatic carbocycles. The Hall–Kier alpha value is -2.32. The van der Waals surface area contributed by atoms with Gasteiger partial charge in [-0.2, -0.15) is 0 Å². The molecule has 32 heavy (non-hydrogen) atoms. The van der Waals surface area contributed by atoms with Crippen molar-refractivity contribution in [3.8, 4) is 0 Å². The van der Waals surface area contributed by atoms with Crippen molar-refractivity contribution in [2.45, 2.75) is 77.7 Å². The fraction of sp³-hybridized carbons (Fsp3) is 0.826. The van der Waals surface area contributed by atoms with E-state index < -0.39 is 11.6 Å². The second-order valence-corrected chi connectivity index (χ2v) is 9.97. The number of aliphatic carboxylic acids is 1. The molecule has 2 saturated heterocycles. The summed E-state index contributed by atoms with van der Waals surface area (Å²) in [7, 11) is 0. The average molecular weight is 454 g/mol. The zero-order valence-electron chi connectivity index (χ0n) is 19.7. The van der Waals surface area contributed by atoms with Gasteiger partial charge in [0.05, 0.1) is 6.42 Å². The molecule has 0 aromatic heterocycles.